The maximum atomic E-state index is 5.09. The lowest BCUT2D eigenvalue weighted by molar-refractivity contribution is 1.39. The molecule has 1 aliphatic rings. The van der Waals surface area contributed by atoms with E-state index in [9.17, 15) is 0 Å². The molecule has 0 saturated heterocycles. The van der Waals surface area contributed by atoms with E-state index in [1.54, 1.807) is 0 Å². The number of hydrogen-bond donors (Lipinski definition) is 0. The molecule has 0 amide bonds. The van der Waals surface area contributed by atoms with E-state index >= 15 is 0 Å². The van der Waals surface area contributed by atoms with Gasteiger partial charge in [-0.05, 0) is 145 Å². The second kappa shape index (κ2) is 19.7. The van der Waals surface area contributed by atoms with Crippen LogP contribution in [0, 0.1) is 0 Å². The highest BCUT2D eigenvalue weighted by Crippen LogP contribution is 2.49. The van der Waals surface area contributed by atoms with E-state index in [1.807, 2.05) is 0 Å². The van der Waals surface area contributed by atoms with Gasteiger partial charge in [-0.3, -0.25) is 4.99 Å². The Morgan fingerprint density at radius 2 is 0.519 bits per heavy atom. The third kappa shape index (κ3) is 8.64. The van der Waals surface area contributed by atoms with Crippen LogP contribution in [0.3, 0.4) is 0 Å². The zero-order chi connectivity index (χ0) is 51.1. The molecule has 0 unspecified atom stereocenters. The Morgan fingerprint density at radius 3 is 0.987 bits per heavy atom. The second-order valence-electron chi connectivity index (χ2n) is 20.1. The maximum absolute atomic E-state index is 5.09. The van der Waals surface area contributed by atoms with E-state index in [0.717, 1.165) is 17.8 Å². The van der Waals surface area contributed by atoms with E-state index in [0.29, 0.717) is 0 Å². The topological polar surface area (TPSA) is 12.4 Å². The van der Waals surface area contributed by atoms with E-state index in [2.05, 4.69) is 297 Å². The molecule has 0 spiro atoms. The van der Waals surface area contributed by atoms with Gasteiger partial charge in [0.1, 0.15) is 0 Å². The molecule has 1 aliphatic heterocycles. The fourth-order valence-electron chi connectivity index (χ4n) is 11.7. The number of benzene rings is 13. The Balaban J connectivity index is 0.901. The van der Waals surface area contributed by atoms with Gasteiger partial charge in [0.15, 0.2) is 0 Å². The molecule has 1 heterocycles. The summed E-state index contributed by atoms with van der Waals surface area (Å²) < 4.78 is 0. The first kappa shape index (κ1) is 45.6. The summed E-state index contributed by atoms with van der Waals surface area (Å²) in [6.07, 6.45) is 0.856. The van der Waals surface area contributed by atoms with E-state index in [4.69, 9.17) is 4.99 Å². The Bertz CT molecular complexity index is 4330. The minimum absolute atomic E-state index is 0.856. The molecule has 77 heavy (non-hydrogen) atoms. The summed E-state index contributed by atoms with van der Waals surface area (Å²) in [4.78, 5) is 5.09. The van der Waals surface area contributed by atoms with Crippen LogP contribution in [0.25, 0.3) is 122 Å². The maximum Gasteiger partial charge on any atom is 0.0675 e. The highest BCUT2D eigenvalue weighted by Gasteiger charge is 2.22. The molecule has 0 aliphatic carbocycles. The van der Waals surface area contributed by atoms with Gasteiger partial charge in [0.05, 0.1) is 11.4 Å². The molecule has 13 aromatic carbocycles. The molecule has 360 valence electrons. The highest BCUT2D eigenvalue weighted by atomic mass is 14.8. The van der Waals surface area contributed by atoms with Crippen LogP contribution < -0.4 is 0 Å². The van der Waals surface area contributed by atoms with Crippen molar-refractivity contribution in [1.82, 2.24) is 0 Å². The standard InChI is InChI=1S/C76H51N/c1-4-16-51(17-5-1)53-28-30-55(31-29-53)56-38-42-60(43-39-56)66-23-11-13-25-68(66)76-70-27-15-14-26-69(70)75(67-24-12-10-22-65(67)59-40-36-54(37-41-59)52-18-6-2-7-19-52)71-47-46-62(48-72(71)76)57-32-34-58(35-33-57)63-44-45-64-50-73(77-74(64)49-63)61-20-8-3-9-21-61/h1-49H,50H2. The molecule has 0 fully saturated rings. The molecule has 13 aromatic rings. The van der Waals surface area contributed by atoms with Crippen molar-refractivity contribution >= 4 is 32.9 Å². The van der Waals surface area contributed by atoms with Crippen LogP contribution in [0.2, 0.25) is 0 Å². The lowest BCUT2D eigenvalue weighted by Crippen LogP contribution is -1.99. The van der Waals surface area contributed by atoms with Gasteiger partial charge in [0.25, 0.3) is 0 Å². The van der Waals surface area contributed by atoms with Crippen molar-refractivity contribution < 1.29 is 0 Å². The van der Waals surface area contributed by atoms with Gasteiger partial charge in [0, 0.05) is 6.42 Å². The number of nitrogens with zero attached hydrogens (tertiary/aromatic N) is 1. The minimum atomic E-state index is 0.856. The van der Waals surface area contributed by atoms with Gasteiger partial charge in [-0.2, -0.15) is 0 Å². The van der Waals surface area contributed by atoms with Crippen molar-refractivity contribution in [2.45, 2.75) is 6.42 Å². The summed E-state index contributed by atoms with van der Waals surface area (Å²) >= 11 is 0. The van der Waals surface area contributed by atoms with Crippen molar-refractivity contribution in [2.75, 3.05) is 0 Å². The summed E-state index contributed by atoms with van der Waals surface area (Å²) in [5.74, 6) is 0. The lowest BCUT2D eigenvalue weighted by Gasteiger charge is -2.22. The van der Waals surface area contributed by atoms with Gasteiger partial charge in [0.2, 0.25) is 0 Å². The summed E-state index contributed by atoms with van der Waals surface area (Å²) in [7, 11) is 0. The zero-order valence-electron chi connectivity index (χ0n) is 42.4. The SMILES string of the molecule is c1ccc(C2=Nc3cc(-c4ccc(-c5ccc6c(-c7ccccc7-c7ccc(-c8ccccc8)cc7)c7ccccc7c(-c7ccccc7-c7ccc(-c8ccc(-c9ccccc9)cc8)cc7)c6c5)cc4)ccc3C2)cc1. The molecule has 0 radical (unpaired) electrons. The van der Waals surface area contributed by atoms with Crippen molar-refractivity contribution in [2.24, 2.45) is 4.99 Å². The quantitative estimate of drug-likeness (QED) is 0.121. The first-order valence-corrected chi connectivity index (χ1v) is 26.6. The second-order valence-corrected chi connectivity index (χ2v) is 20.1. The summed E-state index contributed by atoms with van der Waals surface area (Å²) in [6, 6.07) is 109. The van der Waals surface area contributed by atoms with Gasteiger partial charge in [-0.1, -0.05) is 285 Å². The molecular weight excluding hydrogens is 927 g/mol. The number of hydrogen-bond acceptors (Lipinski definition) is 1. The fourth-order valence-corrected chi connectivity index (χ4v) is 11.7. The summed E-state index contributed by atoms with van der Waals surface area (Å²) in [5, 5.41) is 4.86. The van der Waals surface area contributed by atoms with Crippen molar-refractivity contribution in [3.8, 4) is 100 Å². The third-order valence-electron chi connectivity index (χ3n) is 15.6. The number of fused-ring (bicyclic) bond motifs is 3. The number of aliphatic imine (C=N–C) groups is 1. The molecule has 0 saturated carbocycles. The van der Waals surface area contributed by atoms with Gasteiger partial charge < -0.3 is 0 Å². The van der Waals surface area contributed by atoms with Crippen LogP contribution in [0.5, 0.6) is 0 Å². The van der Waals surface area contributed by atoms with Crippen molar-refractivity contribution in [1.29, 1.82) is 0 Å². The molecule has 1 heteroatoms. The van der Waals surface area contributed by atoms with E-state index < -0.39 is 0 Å². The molecule has 1 nitrogen and oxygen atoms in total. The minimum Gasteiger partial charge on any atom is -0.252 e. The lowest BCUT2D eigenvalue weighted by atomic mass is 9.81. The largest absolute Gasteiger partial charge is 0.252 e. The molecule has 0 aromatic heterocycles. The van der Waals surface area contributed by atoms with Crippen LogP contribution in [0.1, 0.15) is 11.1 Å². The fraction of sp³-hybridized carbons (Fsp3) is 0.0132. The summed E-state index contributed by atoms with van der Waals surface area (Å²) in [6.45, 7) is 0. The third-order valence-corrected chi connectivity index (χ3v) is 15.6. The molecule has 0 bridgehead atoms. The van der Waals surface area contributed by atoms with E-state index in [-0.39, 0.29) is 0 Å². The van der Waals surface area contributed by atoms with Crippen LogP contribution >= 0.6 is 0 Å². The van der Waals surface area contributed by atoms with Crippen LogP contribution in [0.4, 0.5) is 5.69 Å². The van der Waals surface area contributed by atoms with Gasteiger partial charge in [-0.15, -0.1) is 0 Å². The predicted molar refractivity (Wildman–Crippen MR) is 327 cm³/mol. The molecule has 0 atom stereocenters. The summed E-state index contributed by atoms with van der Waals surface area (Å²) in [5.41, 5.74) is 26.2. The van der Waals surface area contributed by atoms with Crippen LogP contribution in [-0.4, -0.2) is 5.71 Å². The van der Waals surface area contributed by atoms with E-state index in [1.165, 1.54) is 133 Å². The zero-order valence-corrected chi connectivity index (χ0v) is 42.4. The normalized spacial score (nSPS) is 11.9. The molecular formula is C76H51N. The Morgan fingerprint density at radius 1 is 0.208 bits per heavy atom. The number of rotatable bonds is 10. The Labute approximate surface area is 450 Å². The van der Waals surface area contributed by atoms with Gasteiger partial charge in [-0.25, -0.2) is 0 Å². The average Bonchev–Trinajstić information content (AvgIpc) is 4.00. The van der Waals surface area contributed by atoms with Gasteiger partial charge >= 0.3 is 0 Å². The Kier molecular flexibility index (Phi) is 11.7. The van der Waals surface area contributed by atoms with Crippen molar-refractivity contribution in [3.63, 3.8) is 0 Å². The monoisotopic (exact) mass is 977 g/mol. The first-order valence-electron chi connectivity index (χ1n) is 26.6. The molecule has 0 N–H and O–H groups in total. The van der Waals surface area contributed by atoms with Crippen LogP contribution in [-0.2, 0) is 6.42 Å². The predicted octanol–water partition coefficient (Wildman–Crippen LogP) is 20.7. The van der Waals surface area contributed by atoms with Crippen LogP contribution in [0.15, 0.2) is 302 Å². The first-order chi connectivity index (χ1) is 38.2. The highest BCUT2D eigenvalue weighted by molar-refractivity contribution is 6.24. The average molecular weight is 978 g/mol. The smallest absolute Gasteiger partial charge is 0.0675 e. The van der Waals surface area contributed by atoms with Crippen molar-refractivity contribution in [3.05, 3.63) is 308 Å². The Hall–Kier alpha value is -9.95. The molecule has 14 rings (SSSR count).